The molecule has 2 fully saturated rings. The number of carbonyl (C=O) groups is 1. The fourth-order valence-electron chi connectivity index (χ4n) is 5.47. The van der Waals surface area contributed by atoms with E-state index in [1.165, 1.54) is 16.7 Å². The summed E-state index contributed by atoms with van der Waals surface area (Å²) in [6.07, 6.45) is 4.12. The van der Waals surface area contributed by atoms with E-state index in [0.717, 1.165) is 0 Å². The molecule has 2 aliphatic rings. The first kappa shape index (κ1) is 26.6. The molecule has 0 N–H and O–H groups in total. The highest BCUT2D eigenvalue weighted by Gasteiger charge is 2.47. The minimum absolute atomic E-state index is 0.163. The lowest BCUT2D eigenvalue weighted by molar-refractivity contribution is -0.126. The first-order valence-electron chi connectivity index (χ1n) is 13.2. The average Bonchev–Trinajstić information content (AvgIpc) is 3.78. The SMILES string of the molecule is C=CC(=O)N1CCN(c2nc(=O)n(-c3ncccc3C3(C#N)CC3)c3nc(-c4ccccc4F)c(Cl)cc23)[C@@H](C)C1. The number of halogens is 2. The number of nitrogens with zero attached hydrogens (tertiary/aromatic N) is 7. The molecule has 0 unspecified atom stereocenters. The van der Waals surface area contributed by atoms with Crippen LogP contribution in [0.5, 0.6) is 0 Å². The zero-order valence-electron chi connectivity index (χ0n) is 22.2. The van der Waals surface area contributed by atoms with Gasteiger partial charge in [-0.2, -0.15) is 10.2 Å². The van der Waals surface area contributed by atoms with E-state index in [1.807, 2.05) is 11.8 Å². The molecular weight excluding hydrogens is 545 g/mol. The quantitative estimate of drug-likeness (QED) is 0.327. The molecule has 6 rings (SSSR count). The van der Waals surface area contributed by atoms with E-state index in [4.69, 9.17) is 16.6 Å². The molecule has 41 heavy (non-hydrogen) atoms. The minimum atomic E-state index is -0.753. The van der Waals surface area contributed by atoms with Gasteiger partial charge in [-0.3, -0.25) is 4.79 Å². The Bertz CT molecular complexity index is 1830. The zero-order valence-corrected chi connectivity index (χ0v) is 23.0. The fourth-order valence-corrected chi connectivity index (χ4v) is 5.73. The lowest BCUT2D eigenvalue weighted by Crippen LogP contribution is -2.54. The van der Waals surface area contributed by atoms with E-state index in [-0.39, 0.29) is 39.7 Å². The summed E-state index contributed by atoms with van der Waals surface area (Å²) in [5.74, 6) is -0.0728. The van der Waals surface area contributed by atoms with E-state index >= 15 is 0 Å². The van der Waals surface area contributed by atoms with E-state index in [0.29, 0.717) is 49.2 Å². The zero-order chi connectivity index (χ0) is 28.9. The van der Waals surface area contributed by atoms with E-state index in [2.05, 4.69) is 22.6 Å². The maximum Gasteiger partial charge on any atom is 0.357 e. The largest absolute Gasteiger partial charge is 0.357 e. The van der Waals surface area contributed by atoms with Gasteiger partial charge in [-0.05, 0) is 50.1 Å². The van der Waals surface area contributed by atoms with Crippen molar-refractivity contribution in [2.24, 2.45) is 0 Å². The molecule has 1 amide bonds. The third-order valence-corrected chi connectivity index (χ3v) is 8.08. The fraction of sp³-hybridized carbons (Fsp3) is 0.267. The molecule has 1 aliphatic carbocycles. The standard InChI is InChI=1S/C30H25ClFN7O2/c1-3-24(40)37-13-14-38(18(2)16-37)26-20-15-22(31)25(19-7-4-5-9-23(19)32)35-27(20)39(29(41)36-26)28-21(8-6-12-34-28)30(17-33)10-11-30/h3-9,12,15,18H,1,10-11,13-14,16H2,2H3/t18-/m0/s1. The lowest BCUT2D eigenvalue weighted by atomic mass is 9.98. The highest BCUT2D eigenvalue weighted by atomic mass is 35.5. The number of anilines is 1. The molecular formula is C30H25ClFN7O2. The molecule has 3 aromatic heterocycles. The molecule has 206 valence electrons. The van der Waals surface area contributed by atoms with Crippen LogP contribution >= 0.6 is 11.6 Å². The van der Waals surface area contributed by atoms with Gasteiger partial charge < -0.3 is 9.80 Å². The van der Waals surface area contributed by atoms with Crippen LogP contribution in [0.3, 0.4) is 0 Å². The first-order valence-corrected chi connectivity index (χ1v) is 13.6. The second-order valence-corrected chi connectivity index (χ2v) is 10.7. The van der Waals surface area contributed by atoms with E-state index in [1.54, 1.807) is 47.5 Å². The van der Waals surface area contributed by atoms with Crippen molar-refractivity contribution in [2.75, 3.05) is 24.5 Å². The summed E-state index contributed by atoms with van der Waals surface area (Å²) in [6.45, 7) is 6.73. The summed E-state index contributed by atoms with van der Waals surface area (Å²) >= 11 is 6.73. The molecule has 4 aromatic rings. The smallest absolute Gasteiger partial charge is 0.350 e. The Kier molecular flexibility index (Phi) is 6.54. The molecule has 1 saturated heterocycles. The second-order valence-electron chi connectivity index (χ2n) is 10.3. The van der Waals surface area contributed by atoms with Gasteiger partial charge in [0, 0.05) is 43.0 Å². The van der Waals surface area contributed by atoms with Crippen molar-refractivity contribution in [2.45, 2.75) is 31.2 Å². The normalized spacial score (nSPS) is 17.8. The number of amides is 1. The molecule has 4 heterocycles. The molecule has 11 heteroatoms. The minimum Gasteiger partial charge on any atom is -0.350 e. The first-order chi connectivity index (χ1) is 19.8. The third kappa shape index (κ3) is 4.43. The van der Waals surface area contributed by atoms with Crippen LogP contribution in [0, 0.1) is 17.1 Å². The van der Waals surface area contributed by atoms with Crippen LogP contribution in [0.4, 0.5) is 10.2 Å². The maximum absolute atomic E-state index is 14.9. The molecule has 9 nitrogen and oxygen atoms in total. The lowest BCUT2D eigenvalue weighted by Gasteiger charge is -2.40. The number of hydrogen-bond acceptors (Lipinski definition) is 7. The van der Waals surface area contributed by atoms with Crippen molar-refractivity contribution in [3.8, 4) is 23.1 Å². The van der Waals surface area contributed by atoms with Gasteiger partial charge in [0.05, 0.1) is 27.6 Å². The Morgan fingerprint density at radius 1 is 1.20 bits per heavy atom. The number of aromatic nitrogens is 4. The summed E-state index contributed by atoms with van der Waals surface area (Å²) in [5.41, 5.74) is -0.262. The maximum atomic E-state index is 14.9. The van der Waals surface area contributed by atoms with Crippen molar-refractivity contribution < 1.29 is 9.18 Å². The van der Waals surface area contributed by atoms with E-state index < -0.39 is 16.9 Å². The number of fused-ring (bicyclic) bond motifs is 1. The number of piperazine rings is 1. The van der Waals surface area contributed by atoms with Crippen molar-refractivity contribution in [3.05, 3.63) is 88.2 Å². The monoisotopic (exact) mass is 569 g/mol. The van der Waals surface area contributed by atoms with Gasteiger partial charge in [-0.25, -0.2) is 23.7 Å². The van der Waals surface area contributed by atoms with Crippen molar-refractivity contribution in [1.82, 2.24) is 24.4 Å². The summed E-state index contributed by atoms with van der Waals surface area (Å²) in [4.78, 5) is 43.5. The molecule has 1 saturated carbocycles. The molecule has 0 bridgehead atoms. The number of carbonyl (C=O) groups excluding carboxylic acids is 1. The number of pyridine rings is 2. The van der Waals surface area contributed by atoms with Crippen LogP contribution in [0.2, 0.25) is 5.02 Å². The predicted molar refractivity (Wildman–Crippen MR) is 153 cm³/mol. The topological polar surface area (TPSA) is 108 Å². The Labute approximate surface area is 240 Å². The van der Waals surface area contributed by atoms with Crippen molar-refractivity contribution >= 4 is 34.4 Å². The van der Waals surface area contributed by atoms with Gasteiger partial charge in [-0.1, -0.05) is 36.4 Å². The number of rotatable bonds is 5. The van der Waals surface area contributed by atoms with Crippen molar-refractivity contribution in [1.29, 1.82) is 5.26 Å². The summed E-state index contributed by atoms with van der Waals surface area (Å²) in [7, 11) is 0. The Balaban J connectivity index is 1.61. The number of hydrogen-bond donors (Lipinski definition) is 0. The summed E-state index contributed by atoms with van der Waals surface area (Å²) in [5, 5.41) is 10.6. The van der Waals surface area contributed by atoms with Gasteiger partial charge >= 0.3 is 5.69 Å². The van der Waals surface area contributed by atoms with Crippen LogP contribution < -0.4 is 10.6 Å². The summed E-state index contributed by atoms with van der Waals surface area (Å²) in [6, 6.07) is 13.5. The highest BCUT2D eigenvalue weighted by molar-refractivity contribution is 6.33. The van der Waals surface area contributed by atoms with Crippen molar-refractivity contribution in [3.63, 3.8) is 0 Å². The molecule has 0 radical (unpaired) electrons. The number of benzene rings is 1. The second kappa shape index (κ2) is 10.1. The summed E-state index contributed by atoms with van der Waals surface area (Å²) < 4.78 is 16.2. The molecule has 1 atom stereocenters. The predicted octanol–water partition coefficient (Wildman–Crippen LogP) is 4.41. The van der Waals surface area contributed by atoms with Gasteiger partial charge in [0.25, 0.3) is 0 Å². The van der Waals surface area contributed by atoms with Gasteiger partial charge in [0.1, 0.15) is 17.5 Å². The Morgan fingerprint density at radius 3 is 2.66 bits per heavy atom. The van der Waals surface area contributed by atoms with E-state index in [9.17, 15) is 19.2 Å². The van der Waals surface area contributed by atoms with Crippen LogP contribution in [-0.2, 0) is 10.2 Å². The number of nitriles is 1. The molecule has 0 spiro atoms. The van der Waals surface area contributed by atoms with Gasteiger partial charge in [-0.15, -0.1) is 0 Å². The van der Waals surface area contributed by atoms with Crippen LogP contribution in [-0.4, -0.2) is 56.0 Å². The molecule has 1 aliphatic heterocycles. The van der Waals surface area contributed by atoms with Crippen LogP contribution in [0.1, 0.15) is 25.3 Å². The average molecular weight is 570 g/mol. The Morgan fingerprint density at radius 2 is 1.98 bits per heavy atom. The Hall–Kier alpha value is -4.62. The highest BCUT2D eigenvalue weighted by Crippen LogP contribution is 2.49. The third-order valence-electron chi connectivity index (χ3n) is 7.79. The molecule has 1 aromatic carbocycles. The van der Waals surface area contributed by atoms with Crippen LogP contribution in [0.25, 0.3) is 28.1 Å². The van der Waals surface area contributed by atoms with Crippen LogP contribution in [0.15, 0.2) is 66.1 Å². The van der Waals surface area contributed by atoms with Gasteiger partial charge in [0.2, 0.25) is 5.91 Å². The van der Waals surface area contributed by atoms with Gasteiger partial charge in [0.15, 0.2) is 5.65 Å².